The fraction of sp³-hybridized carbons (Fsp3) is 0.263. The first-order chi connectivity index (χ1) is 12.2. The normalized spacial score (nSPS) is 10.8. The van der Waals surface area contributed by atoms with Crippen molar-refractivity contribution in [1.29, 1.82) is 5.26 Å². The van der Waals surface area contributed by atoms with Crippen molar-refractivity contribution < 1.29 is 13.2 Å². The number of amides is 1. The molecule has 136 valence electrons. The minimum Gasteiger partial charge on any atom is -0.326 e. The lowest BCUT2D eigenvalue weighted by atomic mass is 10.1. The van der Waals surface area contributed by atoms with Gasteiger partial charge < -0.3 is 5.32 Å². The van der Waals surface area contributed by atoms with Crippen LogP contribution in [-0.4, -0.2) is 27.1 Å². The molecule has 2 aromatic carbocycles. The average Bonchev–Trinajstić information content (AvgIpc) is 2.58. The molecule has 0 aliphatic rings. The molecule has 6 nitrogen and oxygen atoms in total. The van der Waals surface area contributed by atoms with Crippen LogP contribution in [0.3, 0.4) is 0 Å². The number of nitriles is 1. The minimum atomic E-state index is -3.63. The quantitative estimate of drug-likeness (QED) is 0.845. The zero-order chi connectivity index (χ0) is 19.3. The molecule has 2 aromatic rings. The van der Waals surface area contributed by atoms with E-state index in [0.29, 0.717) is 5.69 Å². The highest BCUT2D eigenvalue weighted by atomic mass is 32.2. The third-order valence-electron chi connectivity index (χ3n) is 4.11. The number of para-hydroxylation sites is 1. The largest absolute Gasteiger partial charge is 0.326 e. The van der Waals surface area contributed by atoms with Gasteiger partial charge >= 0.3 is 0 Å². The zero-order valence-corrected chi connectivity index (χ0v) is 15.8. The molecule has 26 heavy (non-hydrogen) atoms. The van der Waals surface area contributed by atoms with Crippen molar-refractivity contribution in [1.82, 2.24) is 0 Å². The lowest BCUT2D eigenvalue weighted by molar-refractivity contribution is -0.116. The molecule has 0 saturated carbocycles. The Balaban J connectivity index is 2.17. The summed E-state index contributed by atoms with van der Waals surface area (Å²) in [6, 6.07) is 14.0. The fourth-order valence-corrected chi connectivity index (χ4v) is 3.49. The molecule has 7 heteroatoms. The molecule has 0 heterocycles. The van der Waals surface area contributed by atoms with Crippen LogP contribution >= 0.6 is 0 Å². The maximum atomic E-state index is 12.3. The van der Waals surface area contributed by atoms with Gasteiger partial charge in [0.05, 0.1) is 17.5 Å². The van der Waals surface area contributed by atoms with Crippen LogP contribution in [0, 0.1) is 25.2 Å². The molecule has 0 saturated heterocycles. The van der Waals surface area contributed by atoms with Gasteiger partial charge in [0.25, 0.3) is 0 Å². The predicted octanol–water partition coefficient (Wildman–Crippen LogP) is 2.97. The highest BCUT2D eigenvalue weighted by molar-refractivity contribution is 7.92. The number of carbonyl (C=O) groups is 1. The first kappa shape index (κ1) is 19.5. The third kappa shape index (κ3) is 4.61. The van der Waals surface area contributed by atoms with Gasteiger partial charge in [0.2, 0.25) is 15.9 Å². The summed E-state index contributed by atoms with van der Waals surface area (Å²) in [5.41, 5.74) is 3.25. The molecule has 0 unspecified atom stereocenters. The van der Waals surface area contributed by atoms with Gasteiger partial charge in [-0.25, -0.2) is 8.42 Å². The Kier molecular flexibility index (Phi) is 6.01. The molecule has 0 atom stereocenters. The lowest BCUT2D eigenvalue weighted by Crippen LogP contribution is -2.33. The number of anilines is 2. The number of hydrogen-bond acceptors (Lipinski definition) is 4. The first-order valence-corrected chi connectivity index (χ1v) is 9.91. The summed E-state index contributed by atoms with van der Waals surface area (Å²) in [7, 11) is -3.63. The maximum Gasteiger partial charge on any atom is 0.232 e. The number of carbonyl (C=O) groups excluding carboxylic acids is 1. The summed E-state index contributed by atoms with van der Waals surface area (Å²) < 4.78 is 25.4. The van der Waals surface area contributed by atoms with Gasteiger partial charge in [-0.1, -0.05) is 24.3 Å². The molecular formula is C19H21N3O3S. The van der Waals surface area contributed by atoms with Crippen LogP contribution in [-0.2, 0) is 14.8 Å². The summed E-state index contributed by atoms with van der Waals surface area (Å²) in [6.45, 7) is 3.82. The monoisotopic (exact) mass is 371 g/mol. The Labute approximate surface area is 154 Å². The van der Waals surface area contributed by atoms with Crippen molar-refractivity contribution in [3.8, 4) is 6.07 Å². The Morgan fingerprint density at radius 3 is 2.50 bits per heavy atom. The fourth-order valence-electron chi connectivity index (χ4n) is 2.55. The van der Waals surface area contributed by atoms with E-state index in [1.807, 2.05) is 32.0 Å². The number of nitrogens with zero attached hydrogens (tertiary/aromatic N) is 2. The first-order valence-electron chi connectivity index (χ1n) is 8.07. The Hall–Kier alpha value is -2.85. The van der Waals surface area contributed by atoms with E-state index < -0.39 is 10.0 Å². The van der Waals surface area contributed by atoms with Crippen molar-refractivity contribution in [3.63, 3.8) is 0 Å². The van der Waals surface area contributed by atoms with Crippen LogP contribution in [0.15, 0.2) is 42.5 Å². The second kappa shape index (κ2) is 8.02. The number of aryl methyl sites for hydroxylation is 1. The molecule has 0 fully saturated rings. The molecule has 0 bridgehead atoms. The summed E-state index contributed by atoms with van der Waals surface area (Å²) in [5, 5.41) is 12.0. The van der Waals surface area contributed by atoms with E-state index in [2.05, 4.69) is 5.32 Å². The number of nitrogens with one attached hydrogen (secondary N) is 1. The number of rotatable bonds is 6. The van der Waals surface area contributed by atoms with Crippen LogP contribution in [0.4, 0.5) is 11.4 Å². The Morgan fingerprint density at radius 2 is 1.85 bits per heavy atom. The zero-order valence-electron chi connectivity index (χ0n) is 15.0. The highest BCUT2D eigenvalue weighted by Gasteiger charge is 2.21. The molecule has 0 spiro atoms. The Bertz CT molecular complexity index is 962. The standard InChI is InChI=1S/C19H21N3O3S/c1-14-7-6-9-17(15(14)2)21-19(23)11-12-22(26(3,24)25)18-10-5-4-8-16(18)13-20/h4-10H,11-12H2,1-3H3,(H,21,23). The van der Waals surface area contributed by atoms with Gasteiger partial charge in [0.1, 0.15) is 6.07 Å². The second-order valence-corrected chi connectivity index (χ2v) is 7.92. The predicted molar refractivity (Wildman–Crippen MR) is 103 cm³/mol. The van der Waals surface area contributed by atoms with Gasteiger partial charge in [-0.3, -0.25) is 9.10 Å². The summed E-state index contributed by atoms with van der Waals surface area (Å²) in [4.78, 5) is 12.3. The lowest BCUT2D eigenvalue weighted by Gasteiger charge is -2.23. The van der Waals surface area contributed by atoms with Crippen molar-refractivity contribution in [2.45, 2.75) is 20.3 Å². The van der Waals surface area contributed by atoms with Gasteiger partial charge in [-0.15, -0.1) is 0 Å². The van der Waals surface area contributed by atoms with E-state index in [1.165, 1.54) is 0 Å². The van der Waals surface area contributed by atoms with Gasteiger partial charge in [0.15, 0.2) is 0 Å². The summed E-state index contributed by atoms with van der Waals surface area (Å²) in [6.07, 6.45) is 1.03. The Morgan fingerprint density at radius 1 is 1.15 bits per heavy atom. The molecular weight excluding hydrogens is 350 g/mol. The molecule has 0 radical (unpaired) electrons. The van der Waals surface area contributed by atoms with Crippen LogP contribution in [0.5, 0.6) is 0 Å². The van der Waals surface area contributed by atoms with E-state index in [1.54, 1.807) is 30.3 Å². The van der Waals surface area contributed by atoms with Crippen LogP contribution in [0.1, 0.15) is 23.1 Å². The number of benzene rings is 2. The topological polar surface area (TPSA) is 90.3 Å². The van der Waals surface area contributed by atoms with E-state index in [4.69, 9.17) is 0 Å². The molecule has 1 N–H and O–H groups in total. The van der Waals surface area contributed by atoms with E-state index >= 15 is 0 Å². The maximum absolute atomic E-state index is 12.3. The molecule has 0 aliphatic heterocycles. The number of sulfonamides is 1. The van der Waals surface area contributed by atoms with Crippen LogP contribution in [0.25, 0.3) is 0 Å². The molecule has 0 aromatic heterocycles. The molecule has 0 aliphatic carbocycles. The van der Waals surface area contributed by atoms with E-state index in [-0.39, 0.29) is 30.1 Å². The molecule has 1 amide bonds. The summed E-state index contributed by atoms with van der Waals surface area (Å²) in [5.74, 6) is -0.290. The van der Waals surface area contributed by atoms with Gasteiger partial charge in [-0.05, 0) is 43.2 Å². The van der Waals surface area contributed by atoms with Crippen molar-refractivity contribution in [2.24, 2.45) is 0 Å². The van der Waals surface area contributed by atoms with Crippen molar-refractivity contribution in [2.75, 3.05) is 22.4 Å². The third-order valence-corrected chi connectivity index (χ3v) is 5.29. The minimum absolute atomic E-state index is 0.0276. The van der Waals surface area contributed by atoms with Crippen molar-refractivity contribution in [3.05, 3.63) is 59.2 Å². The van der Waals surface area contributed by atoms with E-state index in [0.717, 1.165) is 21.7 Å². The summed E-state index contributed by atoms with van der Waals surface area (Å²) >= 11 is 0. The molecule has 2 rings (SSSR count). The second-order valence-electron chi connectivity index (χ2n) is 6.01. The smallest absolute Gasteiger partial charge is 0.232 e. The average molecular weight is 371 g/mol. The van der Waals surface area contributed by atoms with Crippen LogP contribution < -0.4 is 9.62 Å². The van der Waals surface area contributed by atoms with Crippen LogP contribution in [0.2, 0.25) is 0 Å². The van der Waals surface area contributed by atoms with Crippen molar-refractivity contribution >= 4 is 27.3 Å². The van der Waals surface area contributed by atoms with E-state index in [9.17, 15) is 18.5 Å². The van der Waals surface area contributed by atoms with Gasteiger partial charge in [-0.2, -0.15) is 5.26 Å². The SMILES string of the molecule is Cc1cccc(NC(=O)CCN(c2ccccc2C#N)S(C)(=O)=O)c1C. The highest BCUT2D eigenvalue weighted by Crippen LogP contribution is 2.23. The van der Waals surface area contributed by atoms with Gasteiger partial charge in [0, 0.05) is 18.7 Å². The number of hydrogen-bond donors (Lipinski definition) is 1.